The summed E-state index contributed by atoms with van der Waals surface area (Å²) >= 11 is 0. The molecule has 0 spiro atoms. The number of carboxylic acid groups (broad SMARTS) is 1. The van der Waals surface area contributed by atoms with Crippen molar-refractivity contribution in [1.29, 1.82) is 0 Å². The van der Waals surface area contributed by atoms with Crippen LogP contribution in [0.15, 0.2) is 18.5 Å². The smallest absolute Gasteiger partial charge is 0.303 e. The van der Waals surface area contributed by atoms with Gasteiger partial charge in [0.05, 0.1) is 11.1 Å². The van der Waals surface area contributed by atoms with Crippen LogP contribution >= 0.6 is 0 Å². The topological polar surface area (TPSA) is 87.6 Å². The lowest BCUT2D eigenvalue weighted by atomic mass is 10.2. The number of hydrogen-bond acceptors (Lipinski definition) is 4. The van der Waals surface area contributed by atoms with Crippen LogP contribution in [0.1, 0.15) is 33.6 Å². The van der Waals surface area contributed by atoms with Crippen molar-refractivity contribution in [3.63, 3.8) is 0 Å². The standard InChI is InChI=1S/C11H10N2O4/c14-9(15)2-1-5-13-10(16)7-3-4-12-6-8(7)11(13)17/h3-4,6H,1-2,5H2,(H,14,15). The second kappa shape index (κ2) is 4.32. The number of hydrogen-bond donors (Lipinski definition) is 1. The van der Waals surface area contributed by atoms with Crippen LogP contribution in [-0.2, 0) is 4.79 Å². The molecule has 0 unspecified atom stereocenters. The summed E-state index contributed by atoms with van der Waals surface area (Å²) in [4.78, 5) is 38.8. The number of rotatable bonds is 4. The third-order valence-corrected chi connectivity index (χ3v) is 2.54. The first-order valence-corrected chi connectivity index (χ1v) is 5.13. The van der Waals surface area contributed by atoms with Crippen LogP contribution in [0.3, 0.4) is 0 Å². The van der Waals surface area contributed by atoms with Gasteiger partial charge < -0.3 is 5.11 Å². The number of nitrogens with zero attached hydrogens (tertiary/aromatic N) is 2. The fraction of sp³-hybridized carbons (Fsp3) is 0.273. The Morgan fingerprint density at radius 2 is 2.00 bits per heavy atom. The van der Waals surface area contributed by atoms with E-state index >= 15 is 0 Å². The van der Waals surface area contributed by atoms with Gasteiger partial charge in [-0.2, -0.15) is 0 Å². The van der Waals surface area contributed by atoms with Gasteiger partial charge in [-0.1, -0.05) is 0 Å². The predicted molar refractivity (Wildman–Crippen MR) is 56.5 cm³/mol. The van der Waals surface area contributed by atoms with Crippen molar-refractivity contribution in [3.05, 3.63) is 29.6 Å². The zero-order chi connectivity index (χ0) is 12.4. The molecule has 1 N–H and O–H groups in total. The number of aliphatic carboxylic acids is 1. The normalized spacial score (nSPS) is 14.0. The SMILES string of the molecule is O=C(O)CCCN1C(=O)c2ccncc2C1=O. The van der Waals surface area contributed by atoms with Crippen molar-refractivity contribution in [2.24, 2.45) is 0 Å². The van der Waals surface area contributed by atoms with Crippen molar-refractivity contribution in [3.8, 4) is 0 Å². The number of fused-ring (bicyclic) bond motifs is 1. The van der Waals surface area contributed by atoms with Gasteiger partial charge in [-0.3, -0.25) is 24.3 Å². The zero-order valence-electron chi connectivity index (χ0n) is 8.92. The fourth-order valence-corrected chi connectivity index (χ4v) is 1.73. The molecule has 0 radical (unpaired) electrons. The molecule has 2 rings (SSSR count). The van der Waals surface area contributed by atoms with E-state index in [1.807, 2.05) is 0 Å². The Labute approximate surface area is 96.9 Å². The minimum absolute atomic E-state index is 0.0638. The van der Waals surface area contributed by atoms with E-state index in [1.54, 1.807) is 0 Å². The number of imide groups is 1. The lowest BCUT2D eigenvalue weighted by molar-refractivity contribution is -0.137. The van der Waals surface area contributed by atoms with Crippen LogP contribution in [0.2, 0.25) is 0 Å². The summed E-state index contributed by atoms with van der Waals surface area (Å²) in [6.45, 7) is 0.124. The molecule has 1 aliphatic heterocycles. The van der Waals surface area contributed by atoms with E-state index in [2.05, 4.69) is 4.98 Å². The van der Waals surface area contributed by atoms with E-state index < -0.39 is 11.9 Å². The summed E-state index contributed by atoms with van der Waals surface area (Å²) in [5, 5.41) is 8.49. The van der Waals surface area contributed by atoms with Gasteiger partial charge in [0, 0.05) is 25.4 Å². The third kappa shape index (κ3) is 2.01. The van der Waals surface area contributed by atoms with Crippen molar-refractivity contribution in [2.75, 3.05) is 6.54 Å². The highest BCUT2D eigenvalue weighted by atomic mass is 16.4. The monoisotopic (exact) mass is 234 g/mol. The zero-order valence-corrected chi connectivity index (χ0v) is 8.92. The molecule has 17 heavy (non-hydrogen) atoms. The molecule has 2 heterocycles. The lowest BCUT2D eigenvalue weighted by Crippen LogP contribution is -2.31. The van der Waals surface area contributed by atoms with Gasteiger partial charge in [-0.25, -0.2) is 0 Å². The maximum Gasteiger partial charge on any atom is 0.303 e. The van der Waals surface area contributed by atoms with E-state index in [1.165, 1.54) is 18.5 Å². The van der Waals surface area contributed by atoms with Gasteiger partial charge in [0.15, 0.2) is 0 Å². The number of pyridine rings is 1. The molecule has 6 nitrogen and oxygen atoms in total. The van der Waals surface area contributed by atoms with Gasteiger partial charge in [0.1, 0.15) is 0 Å². The second-order valence-corrected chi connectivity index (χ2v) is 3.68. The molecule has 6 heteroatoms. The molecule has 0 aromatic carbocycles. The molecule has 1 aromatic rings. The minimum Gasteiger partial charge on any atom is -0.481 e. The first-order chi connectivity index (χ1) is 8.11. The van der Waals surface area contributed by atoms with Gasteiger partial charge >= 0.3 is 5.97 Å². The van der Waals surface area contributed by atoms with Crippen LogP contribution < -0.4 is 0 Å². The molecule has 0 aliphatic carbocycles. The Kier molecular flexibility index (Phi) is 2.86. The van der Waals surface area contributed by atoms with E-state index in [-0.39, 0.29) is 30.9 Å². The molecule has 0 saturated heterocycles. The van der Waals surface area contributed by atoms with Gasteiger partial charge in [0.2, 0.25) is 0 Å². The molecule has 0 fully saturated rings. The maximum absolute atomic E-state index is 11.8. The Hall–Kier alpha value is -2.24. The highest BCUT2D eigenvalue weighted by Crippen LogP contribution is 2.21. The van der Waals surface area contributed by atoms with E-state index in [9.17, 15) is 14.4 Å². The van der Waals surface area contributed by atoms with E-state index in [0.717, 1.165) is 4.90 Å². The second-order valence-electron chi connectivity index (χ2n) is 3.68. The third-order valence-electron chi connectivity index (χ3n) is 2.54. The van der Waals surface area contributed by atoms with Crippen molar-refractivity contribution in [1.82, 2.24) is 9.88 Å². The van der Waals surface area contributed by atoms with Gasteiger partial charge in [-0.15, -0.1) is 0 Å². The summed E-state index contributed by atoms with van der Waals surface area (Å²) in [6, 6.07) is 1.49. The molecule has 88 valence electrons. The molecular weight excluding hydrogens is 224 g/mol. The van der Waals surface area contributed by atoms with Crippen molar-refractivity contribution in [2.45, 2.75) is 12.8 Å². The summed E-state index contributed by atoms with van der Waals surface area (Å²) < 4.78 is 0. The van der Waals surface area contributed by atoms with E-state index in [4.69, 9.17) is 5.11 Å². The van der Waals surface area contributed by atoms with Gasteiger partial charge in [0.25, 0.3) is 11.8 Å². The Morgan fingerprint density at radius 1 is 1.29 bits per heavy atom. The average molecular weight is 234 g/mol. The first-order valence-electron chi connectivity index (χ1n) is 5.13. The maximum atomic E-state index is 11.8. The van der Waals surface area contributed by atoms with E-state index in [0.29, 0.717) is 5.56 Å². The summed E-state index contributed by atoms with van der Waals surface area (Å²) in [5.74, 6) is -1.72. The summed E-state index contributed by atoms with van der Waals surface area (Å²) in [7, 11) is 0. The summed E-state index contributed by atoms with van der Waals surface area (Å²) in [6.07, 6.45) is 3.00. The average Bonchev–Trinajstić information content (AvgIpc) is 2.54. The van der Waals surface area contributed by atoms with Crippen LogP contribution in [0.25, 0.3) is 0 Å². The van der Waals surface area contributed by atoms with Crippen LogP contribution in [0, 0.1) is 0 Å². The highest BCUT2D eigenvalue weighted by molar-refractivity contribution is 6.21. The number of aromatic nitrogens is 1. The van der Waals surface area contributed by atoms with Crippen LogP contribution in [0.5, 0.6) is 0 Å². The Balaban J connectivity index is 2.11. The minimum atomic E-state index is -0.941. The number of carbonyl (C=O) groups is 3. The van der Waals surface area contributed by atoms with Crippen LogP contribution in [-0.4, -0.2) is 39.3 Å². The Bertz CT molecular complexity index is 463. The molecule has 1 aliphatic rings. The van der Waals surface area contributed by atoms with Crippen molar-refractivity contribution >= 4 is 17.8 Å². The molecule has 0 saturated carbocycles. The molecule has 0 bridgehead atoms. The van der Waals surface area contributed by atoms with Crippen molar-refractivity contribution < 1.29 is 19.5 Å². The summed E-state index contributed by atoms with van der Waals surface area (Å²) in [5.41, 5.74) is 0.619. The molecule has 2 amide bonds. The van der Waals surface area contributed by atoms with Gasteiger partial charge in [-0.05, 0) is 12.5 Å². The number of carboxylic acids is 1. The Morgan fingerprint density at radius 3 is 2.65 bits per heavy atom. The van der Waals surface area contributed by atoms with Crippen LogP contribution in [0.4, 0.5) is 0 Å². The lowest BCUT2D eigenvalue weighted by Gasteiger charge is -2.12. The quantitative estimate of drug-likeness (QED) is 0.768. The number of amides is 2. The fourth-order valence-electron chi connectivity index (χ4n) is 1.73. The predicted octanol–water partition coefficient (Wildman–Crippen LogP) is 0.542. The number of carbonyl (C=O) groups excluding carboxylic acids is 2. The first kappa shape index (κ1) is 11.3. The molecule has 0 atom stereocenters. The molecule has 1 aromatic heterocycles. The largest absolute Gasteiger partial charge is 0.481 e. The highest BCUT2D eigenvalue weighted by Gasteiger charge is 2.34. The molecular formula is C11H10N2O4.